The number of aromatic nitrogens is 2. The van der Waals surface area contributed by atoms with Crippen LogP contribution in [0.3, 0.4) is 0 Å². The first-order valence-electron chi connectivity index (χ1n) is 8.48. The van der Waals surface area contributed by atoms with E-state index in [-0.39, 0.29) is 11.8 Å². The first-order chi connectivity index (χ1) is 12.1. The van der Waals surface area contributed by atoms with Crippen LogP contribution >= 0.6 is 0 Å². The van der Waals surface area contributed by atoms with Gasteiger partial charge in [-0.1, -0.05) is 29.8 Å². The van der Waals surface area contributed by atoms with Gasteiger partial charge in [0, 0.05) is 13.1 Å². The zero-order chi connectivity index (χ0) is 17.6. The summed E-state index contributed by atoms with van der Waals surface area (Å²) in [5.41, 5.74) is 2.10. The largest absolute Gasteiger partial charge is 0.354 e. The molecule has 6 heteroatoms. The number of nitriles is 1. The summed E-state index contributed by atoms with van der Waals surface area (Å²) in [6.07, 6.45) is 2.23. The number of amides is 1. The Morgan fingerprint density at radius 1 is 1.36 bits per heavy atom. The van der Waals surface area contributed by atoms with Crippen LogP contribution in [0.2, 0.25) is 0 Å². The summed E-state index contributed by atoms with van der Waals surface area (Å²) in [6.45, 7) is 3.57. The lowest BCUT2D eigenvalue weighted by Crippen LogP contribution is -2.35. The Bertz CT molecular complexity index is 781. The monoisotopic (exact) mass is 335 g/mol. The third-order valence-electron chi connectivity index (χ3n) is 4.29. The minimum atomic E-state index is -0.116. The highest BCUT2D eigenvalue weighted by Crippen LogP contribution is 2.21. The summed E-state index contributed by atoms with van der Waals surface area (Å²) in [7, 11) is 0. The molecule has 6 nitrogen and oxygen atoms in total. The van der Waals surface area contributed by atoms with E-state index in [1.165, 1.54) is 0 Å². The summed E-state index contributed by atoms with van der Waals surface area (Å²) in [4.78, 5) is 14.2. The van der Waals surface area contributed by atoms with E-state index in [4.69, 9.17) is 5.26 Å². The van der Waals surface area contributed by atoms with Crippen molar-refractivity contribution in [3.63, 3.8) is 0 Å². The second kappa shape index (κ2) is 7.75. The lowest BCUT2D eigenvalue weighted by Gasteiger charge is -2.30. The highest BCUT2D eigenvalue weighted by atomic mass is 16.1. The molecule has 128 valence electrons. The van der Waals surface area contributed by atoms with Gasteiger partial charge in [0.1, 0.15) is 0 Å². The van der Waals surface area contributed by atoms with Gasteiger partial charge in [0.05, 0.1) is 18.4 Å². The molecule has 1 aromatic carbocycles. The summed E-state index contributed by atoms with van der Waals surface area (Å²) in [5, 5.41) is 20.1. The topological polar surface area (TPSA) is 81.9 Å². The van der Waals surface area contributed by atoms with Crippen molar-refractivity contribution in [3.8, 4) is 6.07 Å². The zero-order valence-electron chi connectivity index (χ0n) is 14.3. The predicted molar refractivity (Wildman–Crippen MR) is 96.1 cm³/mol. The normalized spacial score (nSPS) is 17.0. The molecule has 1 aliphatic rings. The standard InChI is InChI=1S/C19H21N5O/c1-14-4-2-5-15(10-14)11-19(25)21-17-7-8-18(23-22-17)24-9-3-6-16(12-20)13-24/h2,4-5,7-8,10,16H,3,6,9,11,13H2,1H3,(H,21,22,25). The molecule has 1 saturated heterocycles. The number of carbonyl (C=O) groups excluding carboxylic acids is 1. The Balaban J connectivity index is 1.59. The number of nitrogens with one attached hydrogen (secondary N) is 1. The molecule has 1 amide bonds. The van der Waals surface area contributed by atoms with Crippen molar-refractivity contribution in [3.05, 3.63) is 47.5 Å². The quantitative estimate of drug-likeness (QED) is 0.929. The van der Waals surface area contributed by atoms with Crippen LogP contribution in [0.1, 0.15) is 24.0 Å². The highest BCUT2D eigenvalue weighted by molar-refractivity contribution is 5.91. The second-order valence-electron chi connectivity index (χ2n) is 6.41. The van der Waals surface area contributed by atoms with E-state index < -0.39 is 0 Å². The number of aryl methyl sites for hydroxylation is 1. The minimum absolute atomic E-state index is 0.0456. The molecule has 1 atom stereocenters. The smallest absolute Gasteiger partial charge is 0.229 e. The third kappa shape index (κ3) is 4.54. The van der Waals surface area contributed by atoms with Crippen molar-refractivity contribution in [2.45, 2.75) is 26.2 Å². The SMILES string of the molecule is Cc1cccc(CC(=O)Nc2ccc(N3CCCC(C#N)C3)nn2)c1. The van der Waals surface area contributed by atoms with Gasteiger partial charge in [-0.2, -0.15) is 5.26 Å². The van der Waals surface area contributed by atoms with Crippen molar-refractivity contribution in [2.75, 3.05) is 23.3 Å². The fourth-order valence-corrected chi connectivity index (χ4v) is 3.05. The summed E-state index contributed by atoms with van der Waals surface area (Å²) in [5.74, 6) is 1.12. The van der Waals surface area contributed by atoms with E-state index >= 15 is 0 Å². The number of rotatable bonds is 4. The van der Waals surface area contributed by atoms with Gasteiger partial charge in [-0.3, -0.25) is 4.79 Å². The number of hydrogen-bond donors (Lipinski definition) is 1. The maximum atomic E-state index is 12.1. The van der Waals surface area contributed by atoms with Crippen molar-refractivity contribution in [2.24, 2.45) is 5.92 Å². The van der Waals surface area contributed by atoms with Crippen molar-refractivity contribution in [1.29, 1.82) is 5.26 Å². The van der Waals surface area contributed by atoms with Crippen LogP contribution in [0.25, 0.3) is 0 Å². The van der Waals surface area contributed by atoms with E-state index in [9.17, 15) is 4.79 Å². The lowest BCUT2D eigenvalue weighted by molar-refractivity contribution is -0.115. The molecule has 1 aromatic heterocycles. The first kappa shape index (κ1) is 16.9. The first-order valence-corrected chi connectivity index (χ1v) is 8.48. The van der Waals surface area contributed by atoms with Crippen LogP contribution in [-0.2, 0) is 11.2 Å². The Kier molecular flexibility index (Phi) is 5.24. The van der Waals surface area contributed by atoms with Crippen molar-refractivity contribution in [1.82, 2.24) is 10.2 Å². The molecule has 0 aliphatic carbocycles. The van der Waals surface area contributed by atoms with E-state index in [2.05, 4.69) is 26.5 Å². The molecule has 0 radical (unpaired) electrons. The molecule has 1 unspecified atom stereocenters. The highest BCUT2D eigenvalue weighted by Gasteiger charge is 2.20. The van der Waals surface area contributed by atoms with Gasteiger partial charge in [0.2, 0.25) is 5.91 Å². The van der Waals surface area contributed by atoms with Crippen LogP contribution in [0.4, 0.5) is 11.6 Å². The van der Waals surface area contributed by atoms with E-state index in [0.717, 1.165) is 36.3 Å². The number of carbonyl (C=O) groups is 1. The molecule has 0 bridgehead atoms. The maximum absolute atomic E-state index is 12.1. The molecule has 1 fully saturated rings. The van der Waals surface area contributed by atoms with Crippen molar-refractivity contribution < 1.29 is 4.79 Å². The summed E-state index contributed by atoms with van der Waals surface area (Å²) in [6, 6.07) is 13.8. The van der Waals surface area contributed by atoms with Gasteiger partial charge in [0.15, 0.2) is 11.6 Å². The minimum Gasteiger partial charge on any atom is -0.354 e. The molecule has 25 heavy (non-hydrogen) atoms. The van der Waals surface area contributed by atoms with Gasteiger partial charge in [-0.25, -0.2) is 0 Å². The zero-order valence-corrected chi connectivity index (χ0v) is 14.3. The maximum Gasteiger partial charge on any atom is 0.229 e. The number of anilines is 2. The fourth-order valence-electron chi connectivity index (χ4n) is 3.05. The number of piperidine rings is 1. The van der Waals surface area contributed by atoms with Gasteiger partial charge in [0.25, 0.3) is 0 Å². The molecular formula is C19H21N5O. The van der Waals surface area contributed by atoms with E-state index in [1.807, 2.05) is 37.3 Å². The van der Waals surface area contributed by atoms with Crippen LogP contribution in [0.5, 0.6) is 0 Å². The molecule has 0 spiro atoms. The Labute approximate surface area is 147 Å². The Hall–Kier alpha value is -2.94. The van der Waals surface area contributed by atoms with Gasteiger partial charge < -0.3 is 10.2 Å². The van der Waals surface area contributed by atoms with Crippen LogP contribution < -0.4 is 10.2 Å². The average molecular weight is 335 g/mol. The molecule has 2 heterocycles. The Morgan fingerprint density at radius 2 is 2.24 bits per heavy atom. The second-order valence-corrected chi connectivity index (χ2v) is 6.41. The van der Waals surface area contributed by atoms with Gasteiger partial charge in [-0.05, 0) is 37.5 Å². The molecule has 1 N–H and O–H groups in total. The lowest BCUT2D eigenvalue weighted by atomic mass is 10.00. The molecule has 2 aromatic rings. The predicted octanol–water partition coefficient (Wildman–Crippen LogP) is 2.71. The molecular weight excluding hydrogens is 314 g/mol. The number of nitrogens with zero attached hydrogens (tertiary/aromatic N) is 4. The molecule has 3 rings (SSSR count). The number of benzene rings is 1. The summed E-state index contributed by atoms with van der Waals surface area (Å²) < 4.78 is 0. The summed E-state index contributed by atoms with van der Waals surface area (Å²) >= 11 is 0. The molecule has 1 aliphatic heterocycles. The van der Waals surface area contributed by atoms with E-state index in [0.29, 0.717) is 18.8 Å². The fraction of sp³-hybridized carbons (Fsp3) is 0.368. The molecule has 0 saturated carbocycles. The Morgan fingerprint density at radius 3 is 2.96 bits per heavy atom. The van der Waals surface area contributed by atoms with E-state index in [1.54, 1.807) is 6.07 Å². The number of hydrogen-bond acceptors (Lipinski definition) is 5. The van der Waals surface area contributed by atoms with Crippen LogP contribution in [0, 0.1) is 24.2 Å². The van der Waals surface area contributed by atoms with Gasteiger partial charge in [-0.15, -0.1) is 10.2 Å². The third-order valence-corrected chi connectivity index (χ3v) is 4.29. The van der Waals surface area contributed by atoms with Crippen LogP contribution in [0.15, 0.2) is 36.4 Å². The van der Waals surface area contributed by atoms with Gasteiger partial charge >= 0.3 is 0 Å². The van der Waals surface area contributed by atoms with Crippen LogP contribution in [-0.4, -0.2) is 29.2 Å². The average Bonchev–Trinajstić information content (AvgIpc) is 2.62. The van der Waals surface area contributed by atoms with Crippen molar-refractivity contribution >= 4 is 17.5 Å².